The van der Waals surface area contributed by atoms with Gasteiger partial charge in [0, 0.05) is 11.8 Å². The van der Waals surface area contributed by atoms with E-state index in [4.69, 9.17) is 5.11 Å². The van der Waals surface area contributed by atoms with Gasteiger partial charge >= 0.3 is 12.0 Å². The normalized spacial score (nSPS) is 10.3. The van der Waals surface area contributed by atoms with Crippen molar-refractivity contribution in [3.8, 4) is 17.4 Å². The Labute approximate surface area is 99.2 Å². The van der Waals surface area contributed by atoms with Gasteiger partial charge in [0.05, 0.1) is 6.20 Å². The molecule has 0 bridgehead atoms. The van der Waals surface area contributed by atoms with Crippen molar-refractivity contribution in [2.45, 2.75) is 0 Å². The van der Waals surface area contributed by atoms with Crippen molar-refractivity contribution in [3.63, 3.8) is 0 Å². The van der Waals surface area contributed by atoms with Crippen LogP contribution in [0.1, 0.15) is 0 Å². The zero-order valence-electron chi connectivity index (χ0n) is 8.82. The van der Waals surface area contributed by atoms with Gasteiger partial charge in [-0.2, -0.15) is 4.98 Å². The smallest absolute Gasteiger partial charge is 0.341 e. The molecule has 94 valence electrons. The van der Waals surface area contributed by atoms with Gasteiger partial charge in [-0.15, -0.1) is 0 Å². The predicted molar refractivity (Wildman–Crippen MR) is 53.5 cm³/mol. The number of hydrogen-bond acceptors (Lipinski definition) is 6. The summed E-state index contributed by atoms with van der Waals surface area (Å²) in [5, 5.41) is 21.2. The summed E-state index contributed by atoms with van der Waals surface area (Å²) < 4.78 is 17.6. The summed E-state index contributed by atoms with van der Waals surface area (Å²) in [5.74, 6) is -1.93. The van der Waals surface area contributed by atoms with Crippen molar-refractivity contribution < 1.29 is 24.2 Å². The van der Waals surface area contributed by atoms with Gasteiger partial charge in [-0.25, -0.2) is 9.18 Å². The molecule has 0 aliphatic heterocycles. The summed E-state index contributed by atoms with van der Waals surface area (Å²) in [7, 11) is 0. The fraction of sp³-hybridized carbons (Fsp3) is 0.111. The van der Waals surface area contributed by atoms with Gasteiger partial charge in [0.25, 0.3) is 0 Å². The molecule has 0 amide bonds. The summed E-state index contributed by atoms with van der Waals surface area (Å²) in [4.78, 5) is 17.9. The molecule has 2 aromatic rings. The molecule has 2 N–H and O–H groups in total. The monoisotopic (exact) mass is 254 g/mol. The van der Waals surface area contributed by atoms with Gasteiger partial charge in [0.15, 0.2) is 6.61 Å². The molecule has 0 aromatic carbocycles. The molecule has 0 saturated heterocycles. The molecule has 2 aromatic heterocycles. The molecule has 0 atom stereocenters. The van der Waals surface area contributed by atoms with E-state index in [1.54, 1.807) is 0 Å². The molecule has 0 radical (unpaired) electrons. The van der Waals surface area contributed by atoms with Crippen LogP contribution in [0.15, 0.2) is 18.5 Å². The Balaban J connectivity index is 2.26. The lowest BCUT2D eigenvalue weighted by Crippen LogP contribution is -2.10. The highest BCUT2D eigenvalue weighted by Crippen LogP contribution is 2.18. The standard InChI is InChI=1S/C9H7FN4O4/c10-6-1-5(2-11-3-6)8-12-9(13-14(8)17)18-4-7(15)16/h1-3,17H,4H2,(H,15,16). The maximum absolute atomic E-state index is 12.9. The molecule has 0 spiro atoms. The van der Waals surface area contributed by atoms with E-state index in [0.29, 0.717) is 4.85 Å². The number of carboxylic acid groups (broad SMARTS) is 1. The van der Waals surface area contributed by atoms with E-state index in [9.17, 15) is 14.4 Å². The number of aliphatic carboxylic acids is 1. The molecular weight excluding hydrogens is 247 g/mol. The van der Waals surface area contributed by atoms with Crippen LogP contribution >= 0.6 is 0 Å². The van der Waals surface area contributed by atoms with Crippen LogP contribution < -0.4 is 4.74 Å². The molecule has 0 aliphatic carbocycles. The lowest BCUT2D eigenvalue weighted by atomic mass is 10.3. The summed E-state index contributed by atoms with van der Waals surface area (Å²) in [6.45, 7) is -0.648. The second kappa shape index (κ2) is 4.65. The van der Waals surface area contributed by atoms with Crippen molar-refractivity contribution in [2.24, 2.45) is 0 Å². The molecule has 2 rings (SSSR count). The first-order valence-corrected chi connectivity index (χ1v) is 4.68. The number of aromatic nitrogens is 4. The van der Waals surface area contributed by atoms with Crippen molar-refractivity contribution in [2.75, 3.05) is 6.61 Å². The molecule has 0 fully saturated rings. The van der Waals surface area contributed by atoms with E-state index in [0.717, 1.165) is 12.3 Å². The maximum Gasteiger partial charge on any atom is 0.341 e. The first-order valence-electron chi connectivity index (χ1n) is 4.68. The first kappa shape index (κ1) is 11.8. The Hall–Kier alpha value is -2.71. The minimum absolute atomic E-state index is 0.109. The van der Waals surface area contributed by atoms with E-state index in [1.807, 2.05) is 0 Å². The van der Waals surface area contributed by atoms with Gasteiger partial charge < -0.3 is 15.1 Å². The second-order valence-electron chi connectivity index (χ2n) is 3.18. The number of rotatable bonds is 4. The Morgan fingerprint density at radius 1 is 1.50 bits per heavy atom. The molecular formula is C9H7FN4O4. The molecule has 0 unspecified atom stereocenters. The van der Waals surface area contributed by atoms with Gasteiger partial charge in [-0.3, -0.25) is 4.98 Å². The first-order chi connectivity index (χ1) is 8.56. The minimum Gasteiger partial charge on any atom is -0.479 e. The van der Waals surface area contributed by atoms with Crippen LogP contribution in [0.4, 0.5) is 4.39 Å². The summed E-state index contributed by atoms with van der Waals surface area (Å²) in [5.41, 5.74) is 0.176. The SMILES string of the molecule is O=C(O)COc1nc(-c2cncc(F)c2)n(O)n1. The van der Waals surface area contributed by atoms with Crippen LogP contribution in [0, 0.1) is 5.82 Å². The van der Waals surface area contributed by atoms with Crippen LogP contribution in [0.5, 0.6) is 6.01 Å². The average molecular weight is 254 g/mol. The molecule has 0 saturated carbocycles. The van der Waals surface area contributed by atoms with Crippen LogP contribution in [0.2, 0.25) is 0 Å². The summed E-state index contributed by atoms with van der Waals surface area (Å²) in [6, 6.07) is 0.754. The Bertz CT molecular complexity index is 586. The number of carboxylic acids is 1. The van der Waals surface area contributed by atoms with E-state index >= 15 is 0 Å². The number of ether oxygens (including phenoxy) is 1. The molecule has 18 heavy (non-hydrogen) atoms. The molecule has 2 heterocycles. The Kier molecular flexibility index (Phi) is 3.04. The summed E-state index contributed by atoms with van der Waals surface area (Å²) >= 11 is 0. The van der Waals surface area contributed by atoms with Crippen LogP contribution in [0.3, 0.4) is 0 Å². The second-order valence-corrected chi connectivity index (χ2v) is 3.18. The zero-order chi connectivity index (χ0) is 13.1. The highest BCUT2D eigenvalue weighted by atomic mass is 19.1. The third-order valence-electron chi connectivity index (χ3n) is 1.86. The number of halogens is 1. The van der Waals surface area contributed by atoms with Crippen molar-refractivity contribution in [1.29, 1.82) is 0 Å². The highest BCUT2D eigenvalue weighted by molar-refractivity contribution is 5.68. The highest BCUT2D eigenvalue weighted by Gasteiger charge is 2.14. The van der Waals surface area contributed by atoms with E-state index in [1.165, 1.54) is 6.20 Å². The Morgan fingerprint density at radius 3 is 2.94 bits per heavy atom. The van der Waals surface area contributed by atoms with E-state index < -0.39 is 18.4 Å². The van der Waals surface area contributed by atoms with Crippen molar-refractivity contribution in [1.82, 2.24) is 19.9 Å². The third kappa shape index (κ3) is 2.51. The molecule has 0 aliphatic rings. The molecule has 8 nitrogen and oxygen atoms in total. The predicted octanol–water partition coefficient (Wildman–Crippen LogP) is 0.180. The number of pyridine rings is 1. The number of carbonyl (C=O) groups is 1. The van der Waals surface area contributed by atoms with Gasteiger partial charge in [-0.1, -0.05) is 9.94 Å². The Morgan fingerprint density at radius 2 is 2.28 bits per heavy atom. The quantitative estimate of drug-likeness (QED) is 0.748. The maximum atomic E-state index is 12.9. The van der Waals surface area contributed by atoms with Crippen LogP contribution in [-0.4, -0.2) is 42.8 Å². The van der Waals surface area contributed by atoms with Crippen LogP contribution in [0.25, 0.3) is 11.4 Å². The minimum atomic E-state index is -1.21. The fourth-order valence-corrected chi connectivity index (χ4v) is 1.19. The number of hydrogen-bond donors (Lipinski definition) is 2. The van der Waals surface area contributed by atoms with E-state index in [2.05, 4.69) is 19.8 Å². The van der Waals surface area contributed by atoms with Crippen LogP contribution in [-0.2, 0) is 4.79 Å². The lowest BCUT2D eigenvalue weighted by Gasteiger charge is -1.96. The van der Waals surface area contributed by atoms with Crippen molar-refractivity contribution >= 4 is 5.97 Å². The molecule has 9 heteroatoms. The average Bonchev–Trinajstić information content (AvgIpc) is 2.68. The summed E-state index contributed by atoms with van der Waals surface area (Å²) in [6.07, 6.45) is 2.25. The van der Waals surface area contributed by atoms with Gasteiger partial charge in [-0.05, 0) is 6.07 Å². The fourth-order valence-electron chi connectivity index (χ4n) is 1.19. The number of nitrogens with zero attached hydrogens (tertiary/aromatic N) is 4. The van der Waals surface area contributed by atoms with E-state index in [-0.39, 0.29) is 17.4 Å². The zero-order valence-corrected chi connectivity index (χ0v) is 8.82. The third-order valence-corrected chi connectivity index (χ3v) is 1.86. The largest absolute Gasteiger partial charge is 0.479 e. The van der Waals surface area contributed by atoms with Gasteiger partial charge in [0.2, 0.25) is 5.82 Å². The van der Waals surface area contributed by atoms with Gasteiger partial charge in [0.1, 0.15) is 5.82 Å². The lowest BCUT2D eigenvalue weighted by molar-refractivity contribution is -0.139. The topological polar surface area (TPSA) is 110 Å². The van der Waals surface area contributed by atoms with Crippen molar-refractivity contribution in [3.05, 3.63) is 24.3 Å².